The van der Waals surface area contributed by atoms with Crippen molar-refractivity contribution in [1.29, 1.82) is 0 Å². The van der Waals surface area contributed by atoms with Gasteiger partial charge in [0.05, 0.1) is 19.3 Å². The van der Waals surface area contributed by atoms with E-state index in [0.717, 1.165) is 29.7 Å². The minimum atomic E-state index is -0.522. The average Bonchev–Trinajstić information content (AvgIpc) is 3.29. The molecule has 1 aromatic carbocycles. The number of hydrogen-bond acceptors (Lipinski definition) is 9. The van der Waals surface area contributed by atoms with E-state index in [-0.39, 0.29) is 17.6 Å². The third-order valence-corrected chi connectivity index (χ3v) is 6.09. The maximum Gasteiger partial charge on any atom is 0.354 e. The topological polar surface area (TPSA) is 178 Å². The quantitative estimate of drug-likeness (QED) is 0.199. The number of benzene rings is 1. The Labute approximate surface area is 214 Å². The number of methoxy groups -OCH3 is 1. The van der Waals surface area contributed by atoms with Crippen molar-refractivity contribution >= 4 is 23.6 Å². The zero-order valence-electron chi connectivity index (χ0n) is 20.2. The number of anilines is 1. The molecule has 192 valence electrons. The molecule has 1 aliphatic carbocycles. The van der Waals surface area contributed by atoms with E-state index in [1.807, 2.05) is 30.3 Å². The van der Waals surface area contributed by atoms with Crippen LogP contribution in [0.25, 0.3) is 23.0 Å². The van der Waals surface area contributed by atoms with Crippen molar-refractivity contribution in [3.63, 3.8) is 0 Å². The summed E-state index contributed by atoms with van der Waals surface area (Å²) >= 11 is 0. The Kier molecular flexibility index (Phi) is 5.71. The van der Waals surface area contributed by atoms with Crippen LogP contribution >= 0.6 is 0 Å². The Bertz CT molecular complexity index is 1840. The second kappa shape index (κ2) is 9.35. The van der Waals surface area contributed by atoms with Gasteiger partial charge in [-0.1, -0.05) is 24.3 Å². The molecule has 0 saturated heterocycles. The highest BCUT2D eigenvalue weighted by Gasteiger charge is 2.21. The summed E-state index contributed by atoms with van der Waals surface area (Å²) in [6.45, 7) is 0.390. The van der Waals surface area contributed by atoms with Crippen molar-refractivity contribution in [3.8, 4) is 17.1 Å². The number of nitrogens with one attached hydrogen (secondary N) is 4. The van der Waals surface area contributed by atoms with E-state index in [0.29, 0.717) is 34.7 Å². The van der Waals surface area contributed by atoms with E-state index in [9.17, 15) is 14.7 Å². The standard InChI is InChI=1S/C25H23N9O4/c1-38-22(36)18-9-8-17(29-18)16-5-3-2-4-13(16)11-26-23-31-20-14(10-19-21(35)32-25(37)30-19)12-27-34(20)24(33-23)28-15-6-7-15/h2-5,8-10,12,15,29,35H,6-7,11H2,1H3,(H,26,28,33)(H2,30,32,37). The number of ether oxygens (including phenoxy) is 1. The Morgan fingerprint density at radius 3 is 2.82 bits per heavy atom. The summed E-state index contributed by atoms with van der Waals surface area (Å²) in [5, 5.41) is 18.2. The van der Waals surface area contributed by atoms with Gasteiger partial charge in [-0.05, 0) is 36.6 Å². The lowest BCUT2D eigenvalue weighted by molar-refractivity contribution is 0.0595. The number of H-pyrrole nitrogens is 3. The molecule has 1 aliphatic rings. The molecule has 4 heterocycles. The fourth-order valence-electron chi connectivity index (χ4n) is 4.05. The molecular weight excluding hydrogens is 490 g/mol. The number of aromatic amines is 3. The Morgan fingerprint density at radius 1 is 1.21 bits per heavy atom. The van der Waals surface area contributed by atoms with Gasteiger partial charge in [0.25, 0.3) is 5.62 Å². The smallest absolute Gasteiger partial charge is 0.354 e. The highest BCUT2D eigenvalue weighted by atomic mass is 16.5. The van der Waals surface area contributed by atoms with Gasteiger partial charge >= 0.3 is 11.7 Å². The molecule has 6 rings (SSSR count). The molecule has 1 saturated carbocycles. The first-order chi connectivity index (χ1) is 18.5. The summed E-state index contributed by atoms with van der Waals surface area (Å²) in [4.78, 5) is 45.3. The number of carbonyl (C=O) groups is 1. The van der Waals surface area contributed by atoms with Gasteiger partial charge in [0.15, 0.2) is 5.65 Å². The van der Waals surface area contributed by atoms with E-state index in [1.54, 1.807) is 22.9 Å². The number of hydrogen-bond donors (Lipinski definition) is 5. The van der Waals surface area contributed by atoms with Crippen LogP contribution < -0.4 is 21.8 Å². The molecule has 0 atom stereocenters. The number of rotatable bonds is 7. The number of esters is 1. The summed E-state index contributed by atoms with van der Waals surface area (Å²) in [5.41, 5.74) is 3.56. The van der Waals surface area contributed by atoms with Crippen LogP contribution in [0.15, 0.2) is 52.4 Å². The second-order valence-electron chi connectivity index (χ2n) is 8.82. The Hall–Kier alpha value is -5.20. The maximum absolute atomic E-state index is 11.9. The first-order valence-corrected chi connectivity index (χ1v) is 11.9. The maximum atomic E-state index is 11.9. The van der Waals surface area contributed by atoms with Crippen LogP contribution in [-0.2, 0) is 11.3 Å². The fourth-order valence-corrected chi connectivity index (χ4v) is 4.05. The predicted octanol–water partition coefficient (Wildman–Crippen LogP) is 0.851. The van der Waals surface area contributed by atoms with Crippen LogP contribution in [0.1, 0.15) is 34.6 Å². The zero-order chi connectivity index (χ0) is 26.2. The normalized spacial score (nSPS) is 14.3. The van der Waals surface area contributed by atoms with Crippen molar-refractivity contribution in [2.24, 2.45) is 4.99 Å². The fraction of sp³-hybridized carbons (Fsp3) is 0.200. The van der Waals surface area contributed by atoms with Gasteiger partial charge in [-0.25, -0.2) is 14.6 Å². The van der Waals surface area contributed by atoms with Gasteiger partial charge in [0, 0.05) is 23.0 Å². The van der Waals surface area contributed by atoms with Crippen LogP contribution in [0, 0.1) is 0 Å². The van der Waals surface area contributed by atoms with E-state index < -0.39 is 11.7 Å². The first kappa shape index (κ1) is 23.2. The first-order valence-electron chi connectivity index (χ1n) is 11.9. The van der Waals surface area contributed by atoms with E-state index in [4.69, 9.17) is 4.74 Å². The Morgan fingerprint density at radius 2 is 2.05 bits per heavy atom. The number of nitrogens with zero attached hydrogens (tertiary/aromatic N) is 5. The lowest BCUT2D eigenvalue weighted by atomic mass is 10.0. The molecule has 5 N–H and O–H groups in total. The van der Waals surface area contributed by atoms with Gasteiger partial charge in [-0.15, -0.1) is 0 Å². The van der Waals surface area contributed by atoms with Crippen LogP contribution in [0.3, 0.4) is 0 Å². The third kappa shape index (κ3) is 4.52. The molecule has 5 aromatic rings. The summed E-state index contributed by atoms with van der Waals surface area (Å²) in [6, 6.07) is 11.5. The summed E-state index contributed by atoms with van der Waals surface area (Å²) < 4.78 is 6.34. The van der Waals surface area contributed by atoms with Gasteiger partial charge < -0.3 is 25.1 Å². The van der Waals surface area contributed by atoms with Crippen molar-refractivity contribution < 1.29 is 14.6 Å². The molecule has 13 nitrogen and oxygen atoms in total. The molecule has 0 bridgehead atoms. The largest absolute Gasteiger partial charge is 0.493 e. The Balaban J connectivity index is 1.37. The van der Waals surface area contributed by atoms with E-state index in [2.05, 4.69) is 40.3 Å². The van der Waals surface area contributed by atoms with Crippen LogP contribution in [-0.4, -0.2) is 58.8 Å². The molecular formula is C25H23N9O4. The average molecular weight is 514 g/mol. The summed E-state index contributed by atoms with van der Waals surface area (Å²) in [6.07, 6.45) is 5.13. The summed E-state index contributed by atoms with van der Waals surface area (Å²) in [5.74, 6) is -0.373. The minimum Gasteiger partial charge on any atom is -0.493 e. The highest BCUT2D eigenvalue weighted by molar-refractivity contribution is 5.88. The lowest BCUT2D eigenvalue weighted by Gasteiger charge is -2.10. The number of imidazole rings is 1. The number of aromatic hydroxyl groups is 1. The minimum absolute atomic E-state index is 0.195. The zero-order valence-corrected chi connectivity index (χ0v) is 20.2. The third-order valence-electron chi connectivity index (χ3n) is 6.09. The monoisotopic (exact) mass is 513 g/mol. The molecule has 38 heavy (non-hydrogen) atoms. The predicted molar refractivity (Wildman–Crippen MR) is 136 cm³/mol. The SMILES string of the molecule is COC(=O)c1ccc(-c2ccccc2CNc2nc(=NC3CC3)n3ncc(=Cc4[nH]c(=O)[nH]c4O)c3n2)[nH]1. The number of carbonyl (C=O) groups excluding carboxylic acids is 1. The van der Waals surface area contributed by atoms with Crippen molar-refractivity contribution in [1.82, 2.24) is 34.5 Å². The van der Waals surface area contributed by atoms with Crippen molar-refractivity contribution in [3.05, 3.63) is 80.9 Å². The van der Waals surface area contributed by atoms with Gasteiger partial charge in [-0.3, -0.25) is 4.98 Å². The molecule has 13 heteroatoms. The van der Waals surface area contributed by atoms with Crippen molar-refractivity contribution in [2.45, 2.75) is 25.4 Å². The molecule has 0 spiro atoms. The molecule has 0 amide bonds. The van der Waals surface area contributed by atoms with Gasteiger partial charge in [0.1, 0.15) is 11.4 Å². The summed E-state index contributed by atoms with van der Waals surface area (Å²) in [7, 11) is 1.34. The highest BCUT2D eigenvalue weighted by Crippen LogP contribution is 2.24. The molecule has 0 radical (unpaired) electrons. The molecule has 4 aromatic heterocycles. The molecule has 0 aliphatic heterocycles. The second-order valence-corrected chi connectivity index (χ2v) is 8.82. The number of aromatic nitrogens is 7. The van der Waals surface area contributed by atoms with Crippen molar-refractivity contribution in [2.75, 3.05) is 12.4 Å². The van der Waals surface area contributed by atoms with Gasteiger partial charge in [-0.2, -0.15) is 19.6 Å². The van der Waals surface area contributed by atoms with Crippen LogP contribution in [0.2, 0.25) is 0 Å². The molecule has 1 fully saturated rings. The van der Waals surface area contributed by atoms with Crippen LogP contribution in [0.4, 0.5) is 5.95 Å². The lowest BCUT2D eigenvalue weighted by Crippen LogP contribution is -2.24. The van der Waals surface area contributed by atoms with Crippen LogP contribution in [0.5, 0.6) is 5.88 Å². The van der Waals surface area contributed by atoms with E-state index >= 15 is 0 Å². The van der Waals surface area contributed by atoms with E-state index in [1.165, 1.54) is 7.11 Å². The number of fused-ring (bicyclic) bond motifs is 1. The molecule has 0 unspecified atom stereocenters. The van der Waals surface area contributed by atoms with Gasteiger partial charge in [0.2, 0.25) is 11.8 Å².